The molecule has 0 radical (unpaired) electrons. The maximum Gasteiger partial charge on any atom is 0.322 e. The molecule has 8 nitrogen and oxygen atoms in total. The van der Waals surface area contributed by atoms with Gasteiger partial charge >= 0.3 is 6.03 Å². The first-order valence-electron chi connectivity index (χ1n) is 8.45. The first kappa shape index (κ1) is 18.7. The second-order valence-electron chi connectivity index (χ2n) is 6.14. The van der Waals surface area contributed by atoms with Gasteiger partial charge in [-0.05, 0) is 24.6 Å². The molecule has 0 saturated carbocycles. The number of aliphatic hydroxyl groups excluding tert-OH is 1. The van der Waals surface area contributed by atoms with Crippen molar-refractivity contribution in [1.82, 2.24) is 19.7 Å². The average Bonchev–Trinajstić information content (AvgIpc) is 3.06. The van der Waals surface area contributed by atoms with E-state index in [2.05, 4.69) is 22.4 Å². The normalized spacial score (nSPS) is 18.6. The van der Waals surface area contributed by atoms with E-state index in [0.29, 0.717) is 19.8 Å². The van der Waals surface area contributed by atoms with Gasteiger partial charge in [-0.3, -0.25) is 0 Å². The fourth-order valence-corrected chi connectivity index (χ4v) is 3.65. The lowest BCUT2D eigenvalue weighted by atomic mass is 10.1. The number of hydrogen-bond acceptors (Lipinski definition) is 6. The summed E-state index contributed by atoms with van der Waals surface area (Å²) in [5.41, 5.74) is 1.80. The fourth-order valence-electron chi connectivity index (χ4n) is 2.74. The van der Waals surface area contributed by atoms with Crippen molar-refractivity contribution in [2.75, 3.05) is 31.7 Å². The van der Waals surface area contributed by atoms with Gasteiger partial charge in [0.25, 0.3) is 0 Å². The van der Waals surface area contributed by atoms with E-state index in [9.17, 15) is 9.90 Å². The minimum atomic E-state index is -0.308. The van der Waals surface area contributed by atoms with Crippen LogP contribution in [0.1, 0.15) is 17.7 Å². The quantitative estimate of drug-likeness (QED) is 0.773. The molecule has 1 unspecified atom stereocenters. The highest BCUT2D eigenvalue weighted by Gasteiger charge is 2.26. The topological polar surface area (TPSA) is 92.5 Å². The number of carbonyl (C=O) groups is 1. The molecule has 2 aromatic rings. The molecule has 0 bridgehead atoms. The number of nitrogens with zero attached hydrogens (tertiary/aromatic N) is 4. The molecule has 1 fully saturated rings. The third-order valence-electron chi connectivity index (χ3n) is 4.26. The summed E-state index contributed by atoms with van der Waals surface area (Å²) in [6, 6.07) is 7.22. The number of morpholine rings is 1. The molecule has 3 rings (SSSR count). The van der Waals surface area contributed by atoms with Crippen LogP contribution in [-0.2, 0) is 11.8 Å². The van der Waals surface area contributed by atoms with Gasteiger partial charge in [0.05, 0.1) is 25.9 Å². The van der Waals surface area contributed by atoms with E-state index < -0.39 is 0 Å². The van der Waals surface area contributed by atoms with Crippen LogP contribution in [0.25, 0.3) is 0 Å². The lowest BCUT2D eigenvalue weighted by Gasteiger charge is -2.34. The van der Waals surface area contributed by atoms with E-state index in [4.69, 9.17) is 4.74 Å². The number of anilines is 1. The van der Waals surface area contributed by atoms with Crippen LogP contribution in [0.4, 0.5) is 10.5 Å². The lowest BCUT2D eigenvalue weighted by Crippen LogP contribution is -2.52. The Bertz CT molecular complexity index is 754. The number of benzene rings is 1. The van der Waals surface area contributed by atoms with Gasteiger partial charge in [-0.25, -0.2) is 4.79 Å². The van der Waals surface area contributed by atoms with Crippen LogP contribution in [0.5, 0.6) is 0 Å². The molecule has 1 aliphatic heterocycles. The van der Waals surface area contributed by atoms with E-state index in [1.165, 1.54) is 0 Å². The molecule has 0 spiro atoms. The molecule has 140 valence electrons. The minimum Gasteiger partial charge on any atom is -0.394 e. The van der Waals surface area contributed by atoms with Gasteiger partial charge in [0, 0.05) is 24.5 Å². The number of ether oxygens (including phenoxy) is 1. The van der Waals surface area contributed by atoms with Crippen LogP contribution >= 0.6 is 11.8 Å². The van der Waals surface area contributed by atoms with Crippen molar-refractivity contribution in [1.29, 1.82) is 0 Å². The van der Waals surface area contributed by atoms with Crippen LogP contribution in [0, 0.1) is 0 Å². The summed E-state index contributed by atoms with van der Waals surface area (Å²) >= 11 is 1.61. The molecule has 2 atom stereocenters. The van der Waals surface area contributed by atoms with Crippen molar-refractivity contribution in [3.8, 4) is 0 Å². The fraction of sp³-hybridized carbons (Fsp3) is 0.471. The van der Waals surface area contributed by atoms with Crippen molar-refractivity contribution < 1.29 is 14.6 Å². The Hall–Kier alpha value is -2.10. The van der Waals surface area contributed by atoms with Gasteiger partial charge in [0.1, 0.15) is 6.33 Å². The Morgan fingerprint density at radius 1 is 1.54 bits per heavy atom. The number of carbonyl (C=O) groups excluding carboxylic acids is 1. The molecule has 2 N–H and O–H groups in total. The Morgan fingerprint density at radius 2 is 2.38 bits per heavy atom. The molecule has 2 heterocycles. The Kier molecular flexibility index (Phi) is 6.12. The molecule has 1 saturated heterocycles. The minimum absolute atomic E-state index is 0.112. The zero-order chi connectivity index (χ0) is 18.5. The highest BCUT2D eigenvalue weighted by molar-refractivity contribution is 7.99. The molecule has 1 aromatic heterocycles. The largest absolute Gasteiger partial charge is 0.394 e. The highest BCUT2D eigenvalue weighted by Crippen LogP contribution is 2.34. The molecule has 9 heteroatoms. The summed E-state index contributed by atoms with van der Waals surface area (Å²) in [4.78, 5) is 14.2. The number of urea groups is 1. The van der Waals surface area contributed by atoms with E-state index in [-0.39, 0.29) is 23.9 Å². The number of nitrogens with one attached hydrogen (secondary N) is 1. The van der Waals surface area contributed by atoms with E-state index in [0.717, 1.165) is 16.4 Å². The zero-order valence-corrected chi connectivity index (χ0v) is 15.6. The average molecular weight is 377 g/mol. The number of hydrogen-bond donors (Lipinski definition) is 2. The SMILES string of the molecule is C[C@H](Sc1nncn1C)c1cccc(NC(=O)N2CCOCC2CO)c1. The van der Waals surface area contributed by atoms with E-state index >= 15 is 0 Å². The number of aryl methyl sites for hydroxylation is 1. The van der Waals surface area contributed by atoms with Gasteiger partial charge in [0.15, 0.2) is 5.16 Å². The Balaban J connectivity index is 1.67. The van der Waals surface area contributed by atoms with Gasteiger partial charge in [0.2, 0.25) is 0 Å². The molecule has 1 aromatic carbocycles. The predicted octanol–water partition coefficient (Wildman–Crippen LogP) is 1.89. The monoisotopic (exact) mass is 377 g/mol. The highest BCUT2D eigenvalue weighted by atomic mass is 32.2. The molecular weight excluding hydrogens is 354 g/mol. The summed E-state index contributed by atoms with van der Waals surface area (Å²) in [5, 5.41) is 21.3. The zero-order valence-electron chi connectivity index (χ0n) is 14.8. The van der Waals surface area contributed by atoms with Crippen molar-refractivity contribution in [3.05, 3.63) is 36.2 Å². The predicted molar refractivity (Wildman–Crippen MR) is 99.1 cm³/mol. The number of thioether (sulfide) groups is 1. The molecular formula is C17H23N5O3S. The maximum atomic E-state index is 12.5. The van der Waals surface area contributed by atoms with Crippen LogP contribution in [0.2, 0.25) is 0 Å². The Labute approximate surface area is 156 Å². The van der Waals surface area contributed by atoms with Crippen LogP contribution in [0.3, 0.4) is 0 Å². The summed E-state index contributed by atoms with van der Waals surface area (Å²) in [6.07, 6.45) is 1.67. The second kappa shape index (κ2) is 8.52. The van der Waals surface area contributed by atoms with Gasteiger partial charge in [-0.1, -0.05) is 23.9 Å². The third kappa shape index (κ3) is 4.35. The smallest absolute Gasteiger partial charge is 0.322 e. The number of aromatic nitrogens is 3. The van der Waals surface area contributed by atoms with E-state index in [1.807, 2.05) is 35.9 Å². The first-order chi connectivity index (χ1) is 12.6. The standard InChI is InChI=1S/C17H23N5O3S/c1-12(26-17-20-18-11-21(17)2)13-4-3-5-14(8-13)19-16(24)22-6-7-25-10-15(22)9-23/h3-5,8,11-12,15,23H,6-7,9-10H2,1-2H3,(H,19,24)/t12-,15?/m0/s1. The van der Waals surface area contributed by atoms with Crippen molar-refractivity contribution in [2.24, 2.45) is 7.05 Å². The van der Waals surface area contributed by atoms with Gasteiger partial charge < -0.3 is 24.6 Å². The van der Waals surface area contributed by atoms with E-state index in [1.54, 1.807) is 23.0 Å². The first-order valence-corrected chi connectivity index (χ1v) is 9.33. The van der Waals surface area contributed by atoms with Crippen molar-refractivity contribution >= 4 is 23.5 Å². The van der Waals surface area contributed by atoms with Crippen LogP contribution < -0.4 is 5.32 Å². The van der Waals surface area contributed by atoms with Crippen molar-refractivity contribution in [2.45, 2.75) is 23.4 Å². The van der Waals surface area contributed by atoms with Gasteiger partial charge in [-0.2, -0.15) is 0 Å². The molecule has 26 heavy (non-hydrogen) atoms. The number of aliphatic hydroxyl groups is 1. The van der Waals surface area contributed by atoms with Crippen LogP contribution in [-0.4, -0.2) is 63.2 Å². The summed E-state index contributed by atoms with van der Waals surface area (Å²) in [6.45, 7) is 3.28. The van der Waals surface area contributed by atoms with Gasteiger partial charge in [-0.15, -0.1) is 10.2 Å². The lowest BCUT2D eigenvalue weighted by molar-refractivity contribution is -0.00485. The molecule has 2 amide bonds. The number of rotatable bonds is 5. The van der Waals surface area contributed by atoms with Crippen molar-refractivity contribution in [3.63, 3.8) is 0 Å². The number of amides is 2. The summed E-state index contributed by atoms with van der Waals surface area (Å²) in [7, 11) is 1.91. The summed E-state index contributed by atoms with van der Waals surface area (Å²) < 4.78 is 7.19. The van der Waals surface area contributed by atoms with Crippen LogP contribution in [0.15, 0.2) is 35.7 Å². The Morgan fingerprint density at radius 3 is 3.12 bits per heavy atom. The second-order valence-corrected chi connectivity index (χ2v) is 7.45. The third-order valence-corrected chi connectivity index (χ3v) is 5.46. The summed E-state index contributed by atoms with van der Waals surface area (Å²) in [5.74, 6) is 0. The molecule has 1 aliphatic rings. The maximum absolute atomic E-state index is 12.5. The molecule has 0 aliphatic carbocycles.